The van der Waals surface area contributed by atoms with Crippen LogP contribution in [-0.4, -0.2) is 29.8 Å². The van der Waals surface area contributed by atoms with Crippen LogP contribution in [0.2, 0.25) is 10.0 Å². The van der Waals surface area contributed by atoms with Gasteiger partial charge in [0.05, 0.1) is 16.0 Å². The predicted molar refractivity (Wildman–Crippen MR) is 103 cm³/mol. The van der Waals surface area contributed by atoms with Crippen molar-refractivity contribution in [3.8, 4) is 0 Å². The lowest BCUT2D eigenvalue weighted by Gasteiger charge is -2.32. The molecule has 27 heavy (non-hydrogen) atoms. The molecule has 0 saturated carbocycles. The number of carbonyl (C=O) groups is 2. The van der Waals surface area contributed by atoms with Gasteiger partial charge in [-0.2, -0.15) is 0 Å². The first-order valence-electron chi connectivity index (χ1n) is 8.71. The van der Waals surface area contributed by atoms with Crippen LogP contribution >= 0.6 is 23.2 Å². The van der Waals surface area contributed by atoms with Gasteiger partial charge in [0, 0.05) is 30.8 Å². The van der Waals surface area contributed by atoms with Gasteiger partial charge in [-0.1, -0.05) is 41.4 Å². The van der Waals surface area contributed by atoms with E-state index >= 15 is 0 Å². The Labute approximate surface area is 167 Å². The van der Waals surface area contributed by atoms with Crippen LogP contribution in [-0.2, 0) is 11.3 Å². The largest absolute Gasteiger partial charge is 0.352 e. The minimum absolute atomic E-state index is 0.128. The van der Waals surface area contributed by atoms with Crippen molar-refractivity contribution in [3.63, 3.8) is 0 Å². The number of nitrogens with one attached hydrogen (secondary N) is 1. The van der Waals surface area contributed by atoms with Gasteiger partial charge in [0.2, 0.25) is 5.91 Å². The molecule has 0 spiro atoms. The van der Waals surface area contributed by atoms with Crippen molar-refractivity contribution >= 4 is 35.0 Å². The lowest BCUT2D eigenvalue weighted by molar-refractivity contribution is -0.126. The van der Waals surface area contributed by atoms with Gasteiger partial charge in [0.1, 0.15) is 5.82 Å². The molecule has 1 unspecified atom stereocenters. The smallest absolute Gasteiger partial charge is 0.253 e. The molecule has 2 aromatic carbocycles. The number of halogens is 3. The van der Waals surface area contributed by atoms with Crippen LogP contribution in [0.4, 0.5) is 4.39 Å². The molecule has 1 aliphatic heterocycles. The molecule has 1 heterocycles. The van der Waals surface area contributed by atoms with E-state index in [1.54, 1.807) is 35.2 Å². The molecule has 7 heteroatoms. The van der Waals surface area contributed by atoms with E-state index in [4.69, 9.17) is 23.2 Å². The second-order valence-electron chi connectivity index (χ2n) is 6.53. The third-order valence-electron chi connectivity index (χ3n) is 4.66. The van der Waals surface area contributed by atoms with E-state index in [1.165, 1.54) is 12.1 Å². The molecule has 142 valence electrons. The van der Waals surface area contributed by atoms with E-state index in [1.807, 2.05) is 0 Å². The highest BCUT2D eigenvalue weighted by molar-refractivity contribution is 6.42. The number of likely N-dealkylation sites (tertiary alicyclic amines) is 1. The van der Waals surface area contributed by atoms with Crippen LogP contribution in [0.5, 0.6) is 0 Å². The summed E-state index contributed by atoms with van der Waals surface area (Å²) >= 11 is 11.9. The van der Waals surface area contributed by atoms with Crippen LogP contribution < -0.4 is 5.32 Å². The Kier molecular flexibility index (Phi) is 6.34. The second-order valence-corrected chi connectivity index (χ2v) is 7.34. The highest BCUT2D eigenvalue weighted by Gasteiger charge is 2.29. The molecule has 1 atom stereocenters. The molecule has 1 saturated heterocycles. The zero-order valence-electron chi connectivity index (χ0n) is 14.6. The van der Waals surface area contributed by atoms with Crippen molar-refractivity contribution in [2.45, 2.75) is 19.4 Å². The highest BCUT2D eigenvalue weighted by Crippen LogP contribution is 2.25. The first-order chi connectivity index (χ1) is 13.0. The molecule has 2 amide bonds. The van der Waals surface area contributed by atoms with Gasteiger partial charge in [0.25, 0.3) is 5.91 Å². The lowest BCUT2D eigenvalue weighted by Crippen LogP contribution is -2.45. The minimum Gasteiger partial charge on any atom is -0.352 e. The summed E-state index contributed by atoms with van der Waals surface area (Å²) in [6, 6.07) is 11.1. The molecule has 4 nitrogen and oxygen atoms in total. The average Bonchev–Trinajstić information content (AvgIpc) is 2.68. The quantitative estimate of drug-likeness (QED) is 0.819. The van der Waals surface area contributed by atoms with Crippen LogP contribution in [0.15, 0.2) is 42.5 Å². The van der Waals surface area contributed by atoms with Gasteiger partial charge in [-0.05, 0) is 37.1 Å². The summed E-state index contributed by atoms with van der Waals surface area (Å²) < 4.78 is 13.7. The molecule has 3 rings (SSSR count). The summed E-state index contributed by atoms with van der Waals surface area (Å²) in [5, 5.41) is 3.47. The molecule has 0 aliphatic carbocycles. The Hall–Kier alpha value is -2.11. The fourth-order valence-corrected chi connectivity index (χ4v) is 3.45. The van der Waals surface area contributed by atoms with Crippen LogP contribution in [0.3, 0.4) is 0 Å². The summed E-state index contributed by atoms with van der Waals surface area (Å²) in [6.45, 7) is 1.03. The second kappa shape index (κ2) is 8.72. The number of benzene rings is 2. The number of hydrogen-bond donors (Lipinski definition) is 1. The zero-order chi connectivity index (χ0) is 19.4. The maximum Gasteiger partial charge on any atom is 0.253 e. The molecule has 1 aliphatic rings. The van der Waals surface area contributed by atoms with E-state index in [-0.39, 0.29) is 30.1 Å². The summed E-state index contributed by atoms with van der Waals surface area (Å²) in [4.78, 5) is 26.8. The van der Waals surface area contributed by atoms with E-state index < -0.39 is 0 Å². The fourth-order valence-electron chi connectivity index (χ4n) is 3.16. The number of hydrogen-bond acceptors (Lipinski definition) is 2. The van der Waals surface area contributed by atoms with Crippen molar-refractivity contribution in [2.24, 2.45) is 5.92 Å². The van der Waals surface area contributed by atoms with E-state index in [9.17, 15) is 14.0 Å². The van der Waals surface area contributed by atoms with Gasteiger partial charge >= 0.3 is 0 Å². The molecule has 1 N–H and O–H groups in total. The summed E-state index contributed by atoms with van der Waals surface area (Å²) in [5.41, 5.74) is 0.877. The Bertz CT molecular complexity index is 860. The predicted octanol–water partition coefficient (Wildman–Crippen LogP) is 4.30. The first kappa shape index (κ1) is 19.6. The van der Waals surface area contributed by atoms with Crippen molar-refractivity contribution < 1.29 is 14.0 Å². The molecule has 2 aromatic rings. The first-order valence-corrected chi connectivity index (χ1v) is 9.46. The number of amides is 2. The molecule has 0 bridgehead atoms. The lowest BCUT2D eigenvalue weighted by atomic mass is 9.96. The Morgan fingerprint density at radius 1 is 1.15 bits per heavy atom. The number of carbonyl (C=O) groups excluding carboxylic acids is 2. The maximum atomic E-state index is 13.7. The summed E-state index contributed by atoms with van der Waals surface area (Å²) in [7, 11) is 0. The average molecular weight is 409 g/mol. The number of rotatable bonds is 4. The minimum atomic E-state index is -0.349. The van der Waals surface area contributed by atoms with Gasteiger partial charge in [-0.25, -0.2) is 4.39 Å². The number of nitrogens with zero attached hydrogens (tertiary/aromatic N) is 1. The fraction of sp³-hybridized carbons (Fsp3) is 0.300. The molecular weight excluding hydrogens is 390 g/mol. The molecular formula is C20H19Cl2FN2O2. The van der Waals surface area contributed by atoms with Crippen LogP contribution in [0, 0.1) is 11.7 Å². The van der Waals surface area contributed by atoms with E-state index in [2.05, 4.69) is 5.32 Å². The normalized spacial score (nSPS) is 16.9. The number of piperidine rings is 1. The van der Waals surface area contributed by atoms with Crippen molar-refractivity contribution in [1.29, 1.82) is 0 Å². The van der Waals surface area contributed by atoms with Crippen molar-refractivity contribution in [1.82, 2.24) is 10.2 Å². The third-order valence-corrected chi connectivity index (χ3v) is 5.40. The zero-order valence-corrected chi connectivity index (χ0v) is 16.1. The molecule has 1 fully saturated rings. The van der Waals surface area contributed by atoms with Crippen LogP contribution in [0.1, 0.15) is 28.8 Å². The third kappa shape index (κ3) is 4.79. The topological polar surface area (TPSA) is 49.4 Å². The van der Waals surface area contributed by atoms with Crippen molar-refractivity contribution in [2.75, 3.05) is 13.1 Å². The monoisotopic (exact) mass is 408 g/mol. The van der Waals surface area contributed by atoms with Gasteiger partial charge < -0.3 is 10.2 Å². The van der Waals surface area contributed by atoms with Crippen LogP contribution in [0.25, 0.3) is 0 Å². The maximum absolute atomic E-state index is 13.7. The SMILES string of the molecule is O=C(NCc1ccccc1F)C1CCCN(C(=O)c2ccc(Cl)c(Cl)c2)C1. The van der Waals surface area contributed by atoms with E-state index in [0.29, 0.717) is 40.7 Å². The van der Waals surface area contributed by atoms with Gasteiger partial charge in [-0.15, -0.1) is 0 Å². The summed E-state index contributed by atoms with van der Waals surface area (Å²) in [6.07, 6.45) is 1.42. The Morgan fingerprint density at radius 2 is 1.93 bits per heavy atom. The molecule has 0 radical (unpaired) electrons. The van der Waals surface area contributed by atoms with Gasteiger partial charge in [-0.3, -0.25) is 9.59 Å². The standard InChI is InChI=1S/C20H19Cl2FN2O2/c21-16-8-7-13(10-17(16)22)20(27)25-9-3-5-15(12-25)19(26)24-11-14-4-1-2-6-18(14)23/h1-2,4,6-8,10,15H,3,5,9,11-12H2,(H,24,26). The van der Waals surface area contributed by atoms with Gasteiger partial charge in [0.15, 0.2) is 0 Å². The van der Waals surface area contributed by atoms with E-state index in [0.717, 1.165) is 6.42 Å². The molecule has 0 aromatic heterocycles. The Morgan fingerprint density at radius 3 is 2.67 bits per heavy atom. The highest BCUT2D eigenvalue weighted by atomic mass is 35.5. The summed E-state index contributed by atoms with van der Waals surface area (Å²) in [5.74, 6) is -1.03. The van der Waals surface area contributed by atoms with Crippen molar-refractivity contribution in [3.05, 3.63) is 69.5 Å². The Balaban J connectivity index is 1.61.